The standard InChI is InChI=1S/C18H23N3O5/c1-3-26-17(23)14-15(12-4-6-13(24-2)7-5-12)19-18(20-16(14)22)21-8-10-25-11-9-21/h4-7,14-15H,3,8-11H2,1-2H3,(H,19,20,22)/t14-,15+/m1/s1. The van der Waals surface area contributed by atoms with Gasteiger partial charge in [0.1, 0.15) is 11.8 Å². The van der Waals surface area contributed by atoms with Crippen LogP contribution in [0, 0.1) is 5.92 Å². The Hall–Kier alpha value is -2.61. The fraction of sp³-hybridized carbons (Fsp3) is 0.500. The molecule has 8 heteroatoms. The normalized spacial score (nSPS) is 23.1. The van der Waals surface area contributed by atoms with Gasteiger partial charge in [0.2, 0.25) is 11.9 Å². The average molecular weight is 361 g/mol. The third kappa shape index (κ3) is 3.80. The largest absolute Gasteiger partial charge is 0.497 e. The molecule has 0 unspecified atom stereocenters. The molecule has 0 aliphatic carbocycles. The highest BCUT2D eigenvalue weighted by Crippen LogP contribution is 2.32. The minimum atomic E-state index is -1.02. The maximum atomic E-state index is 12.7. The van der Waals surface area contributed by atoms with Gasteiger partial charge in [0.05, 0.1) is 26.9 Å². The Morgan fingerprint density at radius 1 is 1.31 bits per heavy atom. The van der Waals surface area contributed by atoms with Crippen molar-refractivity contribution in [1.82, 2.24) is 10.2 Å². The molecule has 1 amide bonds. The molecule has 1 aromatic rings. The third-order valence-electron chi connectivity index (χ3n) is 4.40. The number of ether oxygens (including phenoxy) is 3. The van der Waals surface area contributed by atoms with E-state index in [9.17, 15) is 9.59 Å². The van der Waals surface area contributed by atoms with Gasteiger partial charge in [0.25, 0.3) is 0 Å². The number of rotatable bonds is 4. The molecule has 2 aliphatic rings. The number of methoxy groups -OCH3 is 1. The van der Waals surface area contributed by atoms with Crippen LogP contribution in [-0.4, -0.2) is 62.8 Å². The summed E-state index contributed by atoms with van der Waals surface area (Å²) in [4.78, 5) is 31.7. The van der Waals surface area contributed by atoms with Crippen molar-refractivity contribution >= 4 is 17.8 Å². The van der Waals surface area contributed by atoms with E-state index in [1.54, 1.807) is 26.2 Å². The van der Waals surface area contributed by atoms with Crippen LogP contribution in [0.5, 0.6) is 5.75 Å². The number of nitrogens with one attached hydrogen (secondary N) is 1. The second-order valence-electron chi connectivity index (χ2n) is 5.99. The van der Waals surface area contributed by atoms with Crippen molar-refractivity contribution in [3.05, 3.63) is 29.8 Å². The van der Waals surface area contributed by atoms with E-state index in [4.69, 9.17) is 14.2 Å². The topological polar surface area (TPSA) is 89.5 Å². The highest BCUT2D eigenvalue weighted by Gasteiger charge is 2.42. The highest BCUT2D eigenvalue weighted by atomic mass is 16.5. The number of amides is 1. The fourth-order valence-corrected chi connectivity index (χ4v) is 3.04. The van der Waals surface area contributed by atoms with Gasteiger partial charge < -0.3 is 19.1 Å². The van der Waals surface area contributed by atoms with Gasteiger partial charge in [-0.3, -0.25) is 14.9 Å². The van der Waals surface area contributed by atoms with Crippen LogP contribution in [0.3, 0.4) is 0 Å². The molecule has 3 rings (SSSR count). The molecule has 1 fully saturated rings. The lowest BCUT2D eigenvalue weighted by molar-refractivity contribution is -0.153. The van der Waals surface area contributed by atoms with Gasteiger partial charge in [-0.25, -0.2) is 4.99 Å². The summed E-state index contributed by atoms with van der Waals surface area (Å²) in [5.41, 5.74) is 0.754. The van der Waals surface area contributed by atoms with Gasteiger partial charge in [-0.1, -0.05) is 12.1 Å². The smallest absolute Gasteiger partial charge is 0.321 e. The summed E-state index contributed by atoms with van der Waals surface area (Å²) in [5.74, 6) is -0.830. The Kier molecular flexibility index (Phi) is 5.72. The molecule has 1 aromatic carbocycles. The van der Waals surface area contributed by atoms with E-state index in [0.717, 1.165) is 5.56 Å². The van der Waals surface area contributed by atoms with E-state index in [2.05, 4.69) is 10.3 Å². The van der Waals surface area contributed by atoms with E-state index < -0.39 is 23.8 Å². The molecule has 2 atom stereocenters. The van der Waals surface area contributed by atoms with Crippen molar-refractivity contribution in [2.75, 3.05) is 40.0 Å². The second-order valence-corrected chi connectivity index (χ2v) is 5.99. The van der Waals surface area contributed by atoms with E-state index >= 15 is 0 Å². The zero-order chi connectivity index (χ0) is 18.5. The van der Waals surface area contributed by atoms with Crippen LogP contribution >= 0.6 is 0 Å². The molecule has 0 aromatic heterocycles. The molecular weight excluding hydrogens is 338 g/mol. The summed E-state index contributed by atoms with van der Waals surface area (Å²) in [6.45, 7) is 4.34. The van der Waals surface area contributed by atoms with Crippen LogP contribution < -0.4 is 10.1 Å². The van der Waals surface area contributed by atoms with Crippen LogP contribution in [0.25, 0.3) is 0 Å². The molecule has 1 saturated heterocycles. The fourth-order valence-electron chi connectivity index (χ4n) is 3.04. The van der Waals surface area contributed by atoms with Crippen LogP contribution in [0.4, 0.5) is 0 Å². The number of nitrogens with zero attached hydrogens (tertiary/aromatic N) is 2. The maximum Gasteiger partial charge on any atom is 0.321 e. The van der Waals surface area contributed by atoms with E-state index in [1.807, 2.05) is 17.0 Å². The summed E-state index contributed by atoms with van der Waals surface area (Å²) < 4.78 is 15.6. The molecule has 26 heavy (non-hydrogen) atoms. The summed E-state index contributed by atoms with van der Waals surface area (Å²) in [6.07, 6.45) is 0. The lowest BCUT2D eigenvalue weighted by Crippen LogP contribution is -2.55. The molecule has 2 heterocycles. The lowest BCUT2D eigenvalue weighted by atomic mass is 9.91. The molecule has 0 saturated carbocycles. The number of aliphatic imine (C=N–C) groups is 1. The summed E-state index contributed by atoms with van der Waals surface area (Å²) in [5, 5.41) is 2.75. The quantitative estimate of drug-likeness (QED) is 0.628. The Bertz CT molecular complexity index is 683. The predicted molar refractivity (Wildman–Crippen MR) is 93.8 cm³/mol. The summed E-state index contributed by atoms with van der Waals surface area (Å²) in [7, 11) is 1.58. The van der Waals surface area contributed by atoms with Crippen molar-refractivity contribution in [2.45, 2.75) is 13.0 Å². The molecule has 0 bridgehead atoms. The van der Waals surface area contributed by atoms with E-state index in [-0.39, 0.29) is 6.61 Å². The number of carbonyl (C=O) groups is 2. The zero-order valence-electron chi connectivity index (χ0n) is 14.9. The monoisotopic (exact) mass is 361 g/mol. The zero-order valence-corrected chi connectivity index (χ0v) is 14.9. The molecule has 8 nitrogen and oxygen atoms in total. The van der Waals surface area contributed by atoms with Crippen LogP contribution in [-0.2, 0) is 19.1 Å². The second kappa shape index (κ2) is 8.18. The number of hydrogen-bond acceptors (Lipinski definition) is 7. The Labute approximate surface area is 152 Å². The Morgan fingerprint density at radius 3 is 2.62 bits per heavy atom. The molecule has 2 aliphatic heterocycles. The van der Waals surface area contributed by atoms with Gasteiger partial charge in [-0.15, -0.1) is 0 Å². The number of carbonyl (C=O) groups excluding carboxylic acids is 2. The predicted octanol–water partition coefficient (Wildman–Crippen LogP) is 0.734. The SMILES string of the molecule is CCOC(=O)[C@H]1C(=O)NC(N2CCOCC2)=N[C@H]1c1ccc(OC)cc1. The highest BCUT2D eigenvalue weighted by molar-refractivity contribution is 6.08. The third-order valence-corrected chi connectivity index (χ3v) is 4.40. The van der Waals surface area contributed by atoms with Crippen LogP contribution in [0.15, 0.2) is 29.3 Å². The minimum Gasteiger partial charge on any atom is -0.497 e. The number of benzene rings is 1. The minimum absolute atomic E-state index is 0.206. The molecule has 140 valence electrons. The van der Waals surface area contributed by atoms with Crippen molar-refractivity contribution in [3.8, 4) is 5.75 Å². The number of esters is 1. The molecule has 0 spiro atoms. The van der Waals surface area contributed by atoms with Gasteiger partial charge in [0.15, 0.2) is 5.92 Å². The first kappa shape index (κ1) is 18.2. The lowest BCUT2D eigenvalue weighted by Gasteiger charge is -2.35. The van der Waals surface area contributed by atoms with E-state index in [1.165, 1.54) is 0 Å². The van der Waals surface area contributed by atoms with E-state index in [0.29, 0.717) is 38.0 Å². The number of morpholine rings is 1. The molecular formula is C18H23N3O5. The van der Waals surface area contributed by atoms with Crippen molar-refractivity contribution < 1.29 is 23.8 Å². The van der Waals surface area contributed by atoms with Gasteiger partial charge >= 0.3 is 5.97 Å². The summed E-state index contributed by atoms with van der Waals surface area (Å²) >= 11 is 0. The number of hydrogen-bond donors (Lipinski definition) is 1. The first-order valence-electron chi connectivity index (χ1n) is 8.66. The van der Waals surface area contributed by atoms with Crippen LogP contribution in [0.2, 0.25) is 0 Å². The van der Waals surface area contributed by atoms with Crippen molar-refractivity contribution in [1.29, 1.82) is 0 Å². The van der Waals surface area contributed by atoms with Crippen molar-refractivity contribution in [2.24, 2.45) is 10.9 Å². The van der Waals surface area contributed by atoms with Crippen LogP contribution in [0.1, 0.15) is 18.5 Å². The number of guanidine groups is 1. The summed E-state index contributed by atoms with van der Waals surface area (Å²) in [6, 6.07) is 6.55. The Morgan fingerprint density at radius 2 is 2.00 bits per heavy atom. The van der Waals surface area contributed by atoms with Gasteiger partial charge in [-0.2, -0.15) is 0 Å². The van der Waals surface area contributed by atoms with Gasteiger partial charge in [-0.05, 0) is 24.6 Å². The first-order chi connectivity index (χ1) is 12.6. The van der Waals surface area contributed by atoms with Crippen molar-refractivity contribution in [3.63, 3.8) is 0 Å². The van der Waals surface area contributed by atoms with Gasteiger partial charge in [0, 0.05) is 13.1 Å². The maximum absolute atomic E-state index is 12.7. The molecule has 1 N–H and O–H groups in total. The first-order valence-corrected chi connectivity index (χ1v) is 8.66. The molecule has 0 radical (unpaired) electrons. The average Bonchev–Trinajstić information content (AvgIpc) is 2.68. The Balaban J connectivity index is 1.95.